The van der Waals surface area contributed by atoms with Gasteiger partial charge in [-0.3, -0.25) is 20.0 Å². The first-order valence-electron chi connectivity index (χ1n) is 8.14. The number of amides is 1. The number of rotatable bonds is 5. The number of hydrogen-bond acceptors (Lipinski definition) is 4. The first kappa shape index (κ1) is 19.3. The Balaban J connectivity index is 1.78. The fourth-order valence-corrected chi connectivity index (χ4v) is 3.10. The molecular weight excluding hydrogens is 373 g/mol. The molecule has 27 heavy (non-hydrogen) atoms. The summed E-state index contributed by atoms with van der Waals surface area (Å²) < 4.78 is 66.3. The van der Waals surface area contributed by atoms with Crippen molar-refractivity contribution in [3.05, 3.63) is 42.1 Å². The molecular formula is C17H16F5N3O2. The van der Waals surface area contributed by atoms with Crippen LogP contribution in [0.2, 0.25) is 0 Å². The van der Waals surface area contributed by atoms with Gasteiger partial charge in [-0.25, -0.2) is 0 Å². The van der Waals surface area contributed by atoms with Crippen molar-refractivity contribution in [1.29, 1.82) is 0 Å². The number of allylic oxidation sites excluding steroid dienone is 1. The molecule has 0 saturated heterocycles. The van der Waals surface area contributed by atoms with E-state index < -0.39 is 30.5 Å². The van der Waals surface area contributed by atoms with E-state index >= 15 is 0 Å². The van der Waals surface area contributed by atoms with Gasteiger partial charge in [-0.2, -0.15) is 8.78 Å². The Kier molecular flexibility index (Phi) is 5.18. The average molecular weight is 389 g/mol. The van der Waals surface area contributed by atoms with Crippen molar-refractivity contribution in [3.8, 4) is 5.75 Å². The van der Waals surface area contributed by atoms with E-state index in [-0.39, 0.29) is 5.75 Å². The summed E-state index contributed by atoms with van der Waals surface area (Å²) in [6.07, 6.45) is -2.93. The third-order valence-corrected chi connectivity index (χ3v) is 4.52. The number of nitrogens with zero attached hydrogens (tertiary/aromatic N) is 2. The van der Waals surface area contributed by atoms with Gasteiger partial charge < -0.3 is 4.74 Å². The van der Waals surface area contributed by atoms with Crippen molar-refractivity contribution in [2.45, 2.75) is 43.9 Å². The summed E-state index contributed by atoms with van der Waals surface area (Å²) in [5, 5.41) is 3.10. The van der Waals surface area contributed by atoms with Crippen LogP contribution in [0.4, 0.5) is 22.0 Å². The minimum Gasteiger partial charge on any atom is -0.406 e. The molecule has 1 N–H and O–H groups in total. The fourth-order valence-electron chi connectivity index (χ4n) is 3.10. The van der Waals surface area contributed by atoms with E-state index in [1.807, 2.05) is 0 Å². The maximum atomic E-state index is 12.8. The normalized spacial score (nSPS) is 21.3. The van der Waals surface area contributed by atoms with Gasteiger partial charge in [-0.1, -0.05) is 12.1 Å². The topological polar surface area (TPSA) is 53.9 Å². The second-order valence-electron chi connectivity index (χ2n) is 6.21. The molecule has 1 unspecified atom stereocenters. The number of benzene rings is 1. The summed E-state index contributed by atoms with van der Waals surface area (Å²) in [6, 6.07) is 5.34. The number of carbonyl (C=O) groups is 1. The van der Waals surface area contributed by atoms with Crippen molar-refractivity contribution < 1.29 is 31.5 Å². The van der Waals surface area contributed by atoms with Gasteiger partial charge in [0.1, 0.15) is 5.75 Å². The van der Waals surface area contributed by atoms with Gasteiger partial charge in [0.2, 0.25) is 0 Å². The first-order chi connectivity index (χ1) is 12.7. The van der Waals surface area contributed by atoms with Gasteiger partial charge in [0.25, 0.3) is 5.91 Å². The molecule has 146 valence electrons. The lowest BCUT2D eigenvalue weighted by molar-refractivity contribution is -0.274. The third kappa shape index (κ3) is 4.26. The Morgan fingerprint density at radius 1 is 1.26 bits per heavy atom. The van der Waals surface area contributed by atoms with E-state index in [9.17, 15) is 26.7 Å². The number of alkyl halides is 5. The predicted octanol–water partition coefficient (Wildman–Crippen LogP) is 3.53. The summed E-state index contributed by atoms with van der Waals surface area (Å²) in [5.41, 5.74) is -0.0117. The van der Waals surface area contributed by atoms with Crippen molar-refractivity contribution in [2.75, 3.05) is 0 Å². The van der Waals surface area contributed by atoms with Crippen molar-refractivity contribution >= 4 is 12.1 Å². The highest BCUT2D eigenvalue weighted by atomic mass is 19.4. The SMILES string of the molecule is O=C(C(F)F)N1C=CC=NC1NC1(c2ccc(OC(F)(F)F)cc2)CCC1. The van der Waals surface area contributed by atoms with E-state index in [1.54, 1.807) is 0 Å². The summed E-state index contributed by atoms with van der Waals surface area (Å²) in [7, 11) is 0. The Morgan fingerprint density at radius 2 is 1.93 bits per heavy atom. The van der Waals surface area contributed by atoms with Gasteiger partial charge in [0.05, 0.1) is 0 Å². The molecule has 1 fully saturated rings. The number of hydrogen-bond donors (Lipinski definition) is 1. The van der Waals surface area contributed by atoms with E-state index in [1.165, 1.54) is 42.8 Å². The zero-order valence-corrected chi connectivity index (χ0v) is 13.9. The summed E-state index contributed by atoms with van der Waals surface area (Å²) in [4.78, 5) is 16.6. The molecule has 0 aromatic heterocycles. The first-order valence-corrected chi connectivity index (χ1v) is 8.14. The van der Waals surface area contributed by atoms with Crippen molar-refractivity contribution in [3.63, 3.8) is 0 Å². The highest BCUT2D eigenvalue weighted by Crippen LogP contribution is 2.42. The Labute approximate surface area is 151 Å². The van der Waals surface area contributed by atoms with Crippen LogP contribution < -0.4 is 10.1 Å². The van der Waals surface area contributed by atoms with Gasteiger partial charge in [-0.15, -0.1) is 13.2 Å². The lowest BCUT2D eigenvalue weighted by atomic mass is 9.71. The molecule has 1 saturated carbocycles. The largest absolute Gasteiger partial charge is 0.573 e. The van der Waals surface area contributed by atoms with Crippen LogP contribution in [0.5, 0.6) is 5.75 Å². The molecule has 1 aromatic rings. The molecule has 1 amide bonds. The van der Waals surface area contributed by atoms with Crippen LogP contribution in [0, 0.1) is 0 Å². The highest BCUT2D eigenvalue weighted by molar-refractivity contribution is 5.83. The minimum atomic E-state index is -4.78. The Hall–Kier alpha value is -2.49. The van der Waals surface area contributed by atoms with E-state index in [4.69, 9.17) is 0 Å². The van der Waals surface area contributed by atoms with Crippen LogP contribution in [0.25, 0.3) is 0 Å². The molecule has 1 aliphatic heterocycles. The van der Waals surface area contributed by atoms with E-state index in [2.05, 4.69) is 15.0 Å². The molecule has 1 heterocycles. The maximum absolute atomic E-state index is 12.8. The average Bonchev–Trinajstić information content (AvgIpc) is 2.57. The monoisotopic (exact) mass is 389 g/mol. The standard InChI is InChI=1S/C17H16F5N3O2/c18-13(19)14(26)25-10-2-9-23-15(25)24-16(7-1-8-16)11-3-5-12(6-4-11)27-17(20,21)22/h2-6,9-10,13,15,24H,1,7-8H2. The number of aliphatic imine (C=N–C) groups is 1. The quantitative estimate of drug-likeness (QED) is 0.784. The molecule has 1 aromatic carbocycles. The van der Waals surface area contributed by atoms with Gasteiger partial charge >= 0.3 is 12.8 Å². The van der Waals surface area contributed by atoms with Crippen LogP contribution in [0.3, 0.4) is 0 Å². The van der Waals surface area contributed by atoms with Gasteiger partial charge in [-0.05, 0) is 43.0 Å². The molecule has 10 heteroatoms. The number of carbonyl (C=O) groups excluding carboxylic acids is 1. The molecule has 3 rings (SSSR count). The predicted molar refractivity (Wildman–Crippen MR) is 86.1 cm³/mol. The zero-order valence-electron chi connectivity index (χ0n) is 13.9. The highest BCUT2D eigenvalue weighted by Gasteiger charge is 2.42. The van der Waals surface area contributed by atoms with Crippen LogP contribution in [0.1, 0.15) is 24.8 Å². The molecule has 1 atom stereocenters. The van der Waals surface area contributed by atoms with E-state index in [0.29, 0.717) is 18.4 Å². The van der Waals surface area contributed by atoms with Gasteiger partial charge in [0, 0.05) is 18.0 Å². The summed E-state index contributed by atoms with van der Waals surface area (Å²) in [5.74, 6) is -1.74. The van der Waals surface area contributed by atoms with Crippen molar-refractivity contribution in [1.82, 2.24) is 10.2 Å². The molecule has 0 radical (unpaired) electrons. The molecule has 1 aliphatic carbocycles. The van der Waals surface area contributed by atoms with E-state index in [0.717, 1.165) is 11.3 Å². The lowest BCUT2D eigenvalue weighted by Crippen LogP contribution is -2.58. The van der Waals surface area contributed by atoms with Gasteiger partial charge in [0.15, 0.2) is 6.29 Å². The van der Waals surface area contributed by atoms with Crippen LogP contribution in [-0.2, 0) is 10.3 Å². The zero-order chi connectivity index (χ0) is 19.7. The fraction of sp³-hybridized carbons (Fsp3) is 0.412. The summed E-state index contributed by atoms with van der Waals surface area (Å²) >= 11 is 0. The Morgan fingerprint density at radius 3 is 2.44 bits per heavy atom. The number of ether oxygens (including phenoxy) is 1. The second kappa shape index (κ2) is 7.26. The molecule has 5 nitrogen and oxygen atoms in total. The maximum Gasteiger partial charge on any atom is 0.573 e. The number of nitrogens with one attached hydrogen (secondary N) is 1. The second-order valence-corrected chi connectivity index (χ2v) is 6.21. The molecule has 0 bridgehead atoms. The lowest BCUT2D eigenvalue weighted by Gasteiger charge is -2.46. The minimum absolute atomic E-state index is 0.353. The third-order valence-electron chi connectivity index (χ3n) is 4.52. The number of halogens is 5. The van der Waals surface area contributed by atoms with Crippen molar-refractivity contribution in [2.24, 2.45) is 4.99 Å². The van der Waals surface area contributed by atoms with Crippen LogP contribution in [0.15, 0.2) is 41.5 Å². The summed E-state index contributed by atoms with van der Waals surface area (Å²) in [6.45, 7) is 0. The smallest absolute Gasteiger partial charge is 0.406 e. The van der Waals surface area contributed by atoms with Crippen LogP contribution >= 0.6 is 0 Å². The van der Waals surface area contributed by atoms with Crippen LogP contribution in [-0.4, -0.2) is 36.1 Å². The molecule has 0 spiro atoms. The molecule has 2 aliphatic rings. The Bertz CT molecular complexity index is 742.